The first kappa shape index (κ1) is 20.8. The van der Waals surface area contributed by atoms with Gasteiger partial charge in [0.2, 0.25) is 0 Å². The van der Waals surface area contributed by atoms with E-state index in [9.17, 15) is 4.39 Å². The number of halogens is 2. The van der Waals surface area contributed by atoms with Crippen LogP contribution in [0.2, 0.25) is 0 Å². The summed E-state index contributed by atoms with van der Waals surface area (Å²) in [6, 6.07) is 22.0. The minimum Gasteiger partial charge on any atom is -0.459 e. The largest absolute Gasteiger partial charge is 0.459 e. The lowest BCUT2D eigenvalue weighted by Crippen LogP contribution is -2.29. The lowest BCUT2D eigenvalue weighted by molar-refractivity contribution is 0.439. The van der Waals surface area contributed by atoms with E-state index in [0.717, 1.165) is 22.7 Å². The molecule has 1 saturated heterocycles. The fourth-order valence-corrected chi connectivity index (χ4v) is 4.87. The molecule has 160 valence electrons. The molecule has 32 heavy (non-hydrogen) atoms. The van der Waals surface area contributed by atoms with E-state index in [4.69, 9.17) is 16.6 Å². The molecular formula is C25H19BrFN3OS. The van der Waals surface area contributed by atoms with Crippen LogP contribution in [0.1, 0.15) is 29.1 Å². The number of aromatic nitrogens is 1. The summed E-state index contributed by atoms with van der Waals surface area (Å²) < 4.78 is 20.5. The van der Waals surface area contributed by atoms with Crippen LogP contribution in [0.25, 0.3) is 11.3 Å². The number of aryl methyl sites for hydroxylation is 1. The van der Waals surface area contributed by atoms with Gasteiger partial charge in [0, 0.05) is 21.9 Å². The van der Waals surface area contributed by atoms with Gasteiger partial charge in [-0.25, -0.2) is 4.39 Å². The highest BCUT2D eigenvalue weighted by Gasteiger charge is 2.42. The molecule has 1 N–H and O–H groups in total. The van der Waals surface area contributed by atoms with Crippen LogP contribution in [0.3, 0.4) is 0 Å². The van der Waals surface area contributed by atoms with Crippen LogP contribution in [-0.2, 0) is 0 Å². The lowest BCUT2D eigenvalue weighted by atomic mass is 10.0. The van der Waals surface area contributed by atoms with Crippen molar-refractivity contribution in [3.05, 3.63) is 106 Å². The van der Waals surface area contributed by atoms with Gasteiger partial charge in [0.25, 0.3) is 0 Å². The monoisotopic (exact) mass is 507 g/mol. The van der Waals surface area contributed by atoms with Crippen molar-refractivity contribution >= 4 is 38.9 Å². The molecule has 0 aliphatic carbocycles. The third kappa shape index (κ3) is 3.82. The number of anilines is 1. The number of thiocarbonyl (C=S) groups is 1. The quantitative estimate of drug-likeness (QED) is 0.310. The molecule has 0 saturated carbocycles. The highest BCUT2D eigenvalue weighted by Crippen LogP contribution is 2.43. The van der Waals surface area contributed by atoms with Crippen molar-refractivity contribution in [2.24, 2.45) is 0 Å². The summed E-state index contributed by atoms with van der Waals surface area (Å²) in [5, 5.41) is 4.03. The SMILES string of the molecule is Cc1ccc(N2C(=S)N[C@H](c3ccccn3)[C@@H]2c2ccc(-c3ccc(F)cc3Br)o2)cc1. The first-order valence-electron chi connectivity index (χ1n) is 10.1. The number of nitrogens with one attached hydrogen (secondary N) is 1. The van der Waals surface area contributed by atoms with E-state index in [2.05, 4.69) is 62.3 Å². The van der Waals surface area contributed by atoms with Crippen molar-refractivity contribution in [3.63, 3.8) is 0 Å². The molecule has 5 rings (SSSR count). The van der Waals surface area contributed by atoms with Crippen LogP contribution in [0.15, 0.2) is 87.9 Å². The number of furan rings is 1. The van der Waals surface area contributed by atoms with Gasteiger partial charge < -0.3 is 14.6 Å². The van der Waals surface area contributed by atoms with E-state index in [1.54, 1.807) is 12.3 Å². The second kappa shape index (κ2) is 8.48. The smallest absolute Gasteiger partial charge is 0.174 e. The maximum absolute atomic E-state index is 13.6. The minimum atomic E-state index is -0.307. The third-order valence-corrected chi connectivity index (χ3v) is 6.50. The van der Waals surface area contributed by atoms with E-state index in [0.29, 0.717) is 15.3 Å². The van der Waals surface area contributed by atoms with Crippen LogP contribution < -0.4 is 10.2 Å². The average Bonchev–Trinajstić information content (AvgIpc) is 3.39. The van der Waals surface area contributed by atoms with Crippen LogP contribution in [0.4, 0.5) is 10.1 Å². The Bertz CT molecular complexity index is 1280. The van der Waals surface area contributed by atoms with E-state index in [1.165, 1.54) is 17.7 Å². The van der Waals surface area contributed by atoms with Crippen molar-refractivity contribution in [1.29, 1.82) is 0 Å². The molecule has 4 aromatic rings. The van der Waals surface area contributed by atoms with E-state index in [1.807, 2.05) is 30.3 Å². The molecule has 7 heteroatoms. The molecule has 4 nitrogen and oxygen atoms in total. The van der Waals surface area contributed by atoms with Gasteiger partial charge >= 0.3 is 0 Å². The predicted molar refractivity (Wildman–Crippen MR) is 131 cm³/mol. The molecule has 2 atom stereocenters. The van der Waals surface area contributed by atoms with Gasteiger partial charge in [0.05, 0.1) is 11.7 Å². The molecule has 0 amide bonds. The summed E-state index contributed by atoms with van der Waals surface area (Å²) in [7, 11) is 0. The summed E-state index contributed by atoms with van der Waals surface area (Å²) in [6.45, 7) is 2.05. The molecule has 1 fully saturated rings. The maximum atomic E-state index is 13.6. The Hall–Kier alpha value is -3.03. The molecule has 0 unspecified atom stereocenters. The molecule has 0 spiro atoms. The van der Waals surface area contributed by atoms with Crippen molar-refractivity contribution in [1.82, 2.24) is 10.3 Å². The summed E-state index contributed by atoms with van der Waals surface area (Å²) in [4.78, 5) is 6.63. The Morgan fingerprint density at radius 2 is 1.88 bits per heavy atom. The summed E-state index contributed by atoms with van der Waals surface area (Å²) in [6.07, 6.45) is 1.77. The van der Waals surface area contributed by atoms with Crippen LogP contribution in [0.5, 0.6) is 0 Å². The topological polar surface area (TPSA) is 41.3 Å². The fourth-order valence-electron chi connectivity index (χ4n) is 3.97. The van der Waals surface area contributed by atoms with Gasteiger partial charge in [-0.3, -0.25) is 4.98 Å². The van der Waals surface area contributed by atoms with Crippen molar-refractivity contribution in [2.75, 3.05) is 4.90 Å². The average molecular weight is 508 g/mol. The minimum absolute atomic E-state index is 0.194. The molecule has 0 bridgehead atoms. The van der Waals surface area contributed by atoms with Crippen LogP contribution in [-0.4, -0.2) is 10.1 Å². The highest BCUT2D eigenvalue weighted by atomic mass is 79.9. The standard InChI is InChI=1S/C25H19BrFN3OS/c1-15-5-8-17(9-6-15)30-24(23(29-25(30)32)20-4-2-3-13-28-20)22-12-11-21(31-22)18-10-7-16(27)14-19(18)26/h2-14,23-24H,1H3,(H,29,32)/t23-,24+/m1/s1. The van der Waals surface area contributed by atoms with Crippen molar-refractivity contribution in [2.45, 2.75) is 19.0 Å². The molecule has 2 aromatic heterocycles. The van der Waals surface area contributed by atoms with Crippen molar-refractivity contribution < 1.29 is 8.81 Å². The molecule has 2 aromatic carbocycles. The highest BCUT2D eigenvalue weighted by molar-refractivity contribution is 9.10. The third-order valence-electron chi connectivity index (χ3n) is 5.53. The normalized spacial score (nSPS) is 18.1. The van der Waals surface area contributed by atoms with Gasteiger partial charge in [-0.05, 0) is 89.7 Å². The Balaban J connectivity index is 1.60. The number of rotatable bonds is 4. The second-order valence-electron chi connectivity index (χ2n) is 7.66. The predicted octanol–water partition coefficient (Wildman–Crippen LogP) is 6.73. The number of hydrogen-bond donors (Lipinski definition) is 1. The van der Waals surface area contributed by atoms with Crippen LogP contribution in [0, 0.1) is 12.7 Å². The van der Waals surface area contributed by atoms with Gasteiger partial charge in [-0.2, -0.15) is 0 Å². The zero-order valence-corrected chi connectivity index (χ0v) is 19.5. The van der Waals surface area contributed by atoms with E-state index >= 15 is 0 Å². The molecule has 0 radical (unpaired) electrons. The molecule has 1 aliphatic rings. The van der Waals surface area contributed by atoms with Gasteiger partial charge in [-0.1, -0.05) is 23.8 Å². The second-order valence-corrected chi connectivity index (χ2v) is 8.90. The number of hydrogen-bond acceptors (Lipinski definition) is 3. The van der Waals surface area contributed by atoms with Gasteiger partial charge in [0.1, 0.15) is 23.4 Å². The van der Waals surface area contributed by atoms with E-state index < -0.39 is 0 Å². The summed E-state index contributed by atoms with van der Waals surface area (Å²) in [5.74, 6) is 1.08. The Labute approximate surface area is 199 Å². The number of pyridine rings is 1. The molecule has 1 aliphatic heterocycles. The van der Waals surface area contributed by atoms with Crippen molar-refractivity contribution in [3.8, 4) is 11.3 Å². The number of benzene rings is 2. The summed E-state index contributed by atoms with van der Waals surface area (Å²) >= 11 is 9.18. The Morgan fingerprint density at radius 1 is 1.06 bits per heavy atom. The van der Waals surface area contributed by atoms with Crippen LogP contribution >= 0.6 is 28.1 Å². The summed E-state index contributed by atoms with van der Waals surface area (Å²) in [5.41, 5.74) is 3.79. The first-order valence-corrected chi connectivity index (χ1v) is 11.3. The molecular weight excluding hydrogens is 489 g/mol. The zero-order chi connectivity index (χ0) is 22.2. The molecule has 3 heterocycles. The van der Waals surface area contributed by atoms with Gasteiger partial charge in [0.15, 0.2) is 5.11 Å². The Kier molecular flexibility index (Phi) is 5.53. The van der Waals surface area contributed by atoms with E-state index in [-0.39, 0.29) is 17.9 Å². The zero-order valence-electron chi connectivity index (χ0n) is 17.1. The Morgan fingerprint density at radius 3 is 2.59 bits per heavy atom. The number of nitrogens with zero attached hydrogens (tertiary/aromatic N) is 2. The first-order chi connectivity index (χ1) is 15.5. The van der Waals surface area contributed by atoms with Gasteiger partial charge in [-0.15, -0.1) is 0 Å². The lowest BCUT2D eigenvalue weighted by Gasteiger charge is -2.26. The maximum Gasteiger partial charge on any atom is 0.174 e. The fraction of sp³-hybridized carbons (Fsp3) is 0.120.